The van der Waals surface area contributed by atoms with Gasteiger partial charge in [-0.25, -0.2) is 12.8 Å². The van der Waals surface area contributed by atoms with E-state index in [1.807, 2.05) is 0 Å². The number of nitrogens with one attached hydrogen (secondary N) is 1. The monoisotopic (exact) mass is 401 g/mol. The Morgan fingerprint density at radius 1 is 1.22 bits per heavy atom. The van der Waals surface area contributed by atoms with Crippen molar-refractivity contribution in [1.82, 2.24) is 0 Å². The van der Waals surface area contributed by atoms with E-state index >= 15 is 0 Å². The Hall–Kier alpha value is -1.93. The number of amides is 1. The Labute approximate surface area is 141 Å². The van der Waals surface area contributed by atoms with Crippen LogP contribution in [0.1, 0.15) is 0 Å². The number of carbonyl (C=O) groups is 1. The molecular formula is C15H13BrFNO4S. The number of sulfone groups is 1. The van der Waals surface area contributed by atoms with Crippen molar-refractivity contribution in [3.63, 3.8) is 0 Å². The molecule has 0 spiro atoms. The Balaban J connectivity index is 1.94. The summed E-state index contributed by atoms with van der Waals surface area (Å²) in [4.78, 5) is 12.0. The Morgan fingerprint density at radius 2 is 1.87 bits per heavy atom. The maximum atomic E-state index is 12.9. The SMILES string of the molecule is CS(=O)(=O)c1ccc(NC(=O)COc2ccc(F)cc2Br)cc1. The van der Waals surface area contributed by atoms with Gasteiger partial charge in [-0.05, 0) is 58.4 Å². The molecule has 0 atom stereocenters. The van der Waals surface area contributed by atoms with Crippen LogP contribution in [0.25, 0.3) is 0 Å². The minimum absolute atomic E-state index is 0.169. The second kappa shape index (κ2) is 7.10. The molecule has 0 aliphatic carbocycles. The molecule has 0 heterocycles. The van der Waals surface area contributed by atoms with Crippen LogP contribution >= 0.6 is 15.9 Å². The van der Waals surface area contributed by atoms with E-state index in [9.17, 15) is 17.6 Å². The number of hydrogen-bond donors (Lipinski definition) is 1. The van der Waals surface area contributed by atoms with Crippen molar-refractivity contribution in [2.45, 2.75) is 4.90 Å². The molecule has 1 N–H and O–H groups in total. The van der Waals surface area contributed by atoms with Crippen LogP contribution in [0.2, 0.25) is 0 Å². The van der Waals surface area contributed by atoms with Crippen molar-refractivity contribution in [2.75, 3.05) is 18.2 Å². The maximum absolute atomic E-state index is 12.9. The lowest BCUT2D eigenvalue weighted by molar-refractivity contribution is -0.118. The predicted molar refractivity (Wildman–Crippen MR) is 87.8 cm³/mol. The zero-order valence-corrected chi connectivity index (χ0v) is 14.4. The first kappa shape index (κ1) is 17.4. The van der Waals surface area contributed by atoms with Gasteiger partial charge in [-0.15, -0.1) is 0 Å². The summed E-state index contributed by atoms with van der Waals surface area (Å²) < 4.78 is 41.3. The average molecular weight is 402 g/mol. The van der Waals surface area contributed by atoms with Crippen LogP contribution in [0.3, 0.4) is 0 Å². The van der Waals surface area contributed by atoms with Gasteiger partial charge in [0.15, 0.2) is 16.4 Å². The first-order valence-electron chi connectivity index (χ1n) is 6.43. The summed E-state index contributed by atoms with van der Waals surface area (Å²) in [5.74, 6) is -0.498. The fraction of sp³-hybridized carbons (Fsp3) is 0.133. The highest BCUT2D eigenvalue weighted by Gasteiger charge is 2.09. The van der Waals surface area contributed by atoms with E-state index in [1.165, 1.54) is 42.5 Å². The van der Waals surface area contributed by atoms with Gasteiger partial charge in [0.1, 0.15) is 11.6 Å². The fourth-order valence-electron chi connectivity index (χ4n) is 1.72. The summed E-state index contributed by atoms with van der Waals surface area (Å²) in [5, 5.41) is 2.57. The summed E-state index contributed by atoms with van der Waals surface area (Å²) >= 11 is 3.14. The minimum Gasteiger partial charge on any atom is -0.483 e. The van der Waals surface area contributed by atoms with Gasteiger partial charge in [0, 0.05) is 11.9 Å². The minimum atomic E-state index is -3.28. The van der Waals surface area contributed by atoms with E-state index in [-0.39, 0.29) is 11.5 Å². The van der Waals surface area contributed by atoms with Crippen LogP contribution in [0, 0.1) is 5.82 Å². The van der Waals surface area contributed by atoms with E-state index in [1.54, 1.807) is 0 Å². The normalized spacial score (nSPS) is 11.1. The van der Waals surface area contributed by atoms with Crippen LogP contribution in [0.4, 0.5) is 10.1 Å². The third kappa shape index (κ3) is 5.04. The van der Waals surface area contributed by atoms with Gasteiger partial charge in [0.25, 0.3) is 5.91 Å². The van der Waals surface area contributed by atoms with E-state index in [0.717, 1.165) is 6.26 Å². The van der Waals surface area contributed by atoms with Crippen molar-refractivity contribution in [1.29, 1.82) is 0 Å². The molecule has 8 heteroatoms. The molecule has 5 nitrogen and oxygen atoms in total. The molecule has 1 amide bonds. The zero-order chi connectivity index (χ0) is 17.0. The Kier molecular flexibility index (Phi) is 5.38. The van der Waals surface area contributed by atoms with Crippen molar-refractivity contribution >= 4 is 37.4 Å². The number of carbonyl (C=O) groups excluding carboxylic acids is 1. The largest absolute Gasteiger partial charge is 0.483 e. The molecule has 122 valence electrons. The van der Waals surface area contributed by atoms with Crippen LogP contribution < -0.4 is 10.1 Å². The van der Waals surface area contributed by atoms with Crippen molar-refractivity contribution in [3.8, 4) is 5.75 Å². The number of ether oxygens (including phenoxy) is 1. The summed E-state index contributed by atoms with van der Waals surface area (Å²) in [6.45, 7) is -0.266. The number of benzene rings is 2. The first-order valence-corrected chi connectivity index (χ1v) is 9.12. The summed E-state index contributed by atoms with van der Waals surface area (Å²) in [6, 6.07) is 9.65. The molecule has 0 aliphatic rings. The lowest BCUT2D eigenvalue weighted by atomic mass is 10.3. The van der Waals surface area contributed by atoms with Crippen LogP contribution in [0.5, 0.6) is 5.75 Å². The highest BCUT2D eigenvalue weighted by molar-refractivity contribution is 9.10. The third-order valence-corrected chi connectivity index (χ3v) is 4.57. The van der Waals surface area contributed by atoms with E-state index in [4.69, 9.17) is 4.74 Å². The molecule has 0 aliphatic heterocycles. The Morgan fingerprint density at radius 3 is 2.43 bits per heavy atom. The van der Waals surface area contributed by atoms with Crippen LogP contribution in [0.15, 0.2) is 51.8 Å². The molecule has 23 heavy (non-hydrogen) atoms. The second-order valence-electron chi connectivity index (χ2n) is 4.71. The highest BCUT2D eigenvalue weighted by atomic mass is 79.9. The molecule has 2 rings (SSSR count). The topological polar surface area (TPSA) is 72.5 Å². The number of hydrogen-bond acceptors (Lipinski definition) is 4. The third-order valence-electron chi connectivity index (χ3n) is 2.82. The Bertz CT molecular complexity index is 822. The predicted octanol–water partition coefficient (Wildman–Crippen LogP) is 3.01. The van der Waals surface area contributed by atoms with Crippen LogP contribution in [-0.4, -0.2) is 27.2 Å². The summed E-state index contributed by atoms with van der Waals surface area (Å²) in [5.41, 5.74) is 0.448. The fourth-order valence-corrected chi connectivity index (χ4v) is 2.81. The molecule has 0 fully saturated rings. The molecule has 0 saturated heterocycles. The summed E-state index contributed by atoms with van der Waals surface area (Å²) in [7, 11) is -3.28. The quantitative estimate of drug-likeness (QED) is 0.835. The average Bonchev–Trinajstić information content (AvgIpc) is 2.46. The van der Waals surface area contributed by atoms with Gasteiger partial charge in [-0.1, -0.05) is 0 Å². The lowest BCUT2D eigenvalue weighted by Crippen LogP contribution is -2.20. The maximum Gasteiger partial charge on any atom is 0.262 e. The van der Waals surface area contributed by atoms with Gasteiger partial charge in [-0.3, -0.25) is 4.79 Å². The molecule has 2 aromatic rings. The van der Waals surface area contributed by atoms with E-state index in [2.05, 4.69) is 21.2 Å². The first-order chi connectivity index (χ1) is 10.8. The van der Waals surface area contributed by atoms with E-state index < -0.39 is 21.6 Å². The number of anilines is 1. The van der Waals surface area contributed by atoms with Gasteiger partial charge in [-0.2, -0.15) is 0 Å². The number of rotatable bonds is 5. The standard InChI is InChI=1S/C15H13BrFNO4S/c1-23(20,21)12-5-3-11(4-6-12)18-15(19)9-22-14-7-2-10(17)8-13(14)16/h2-8H,9H2,1H3,(H,18,19). The van der Waals surface area contributed by atoms with Crippen LogP contribution in [-0.2, 0) is 14.6 Å². The van der Waals surface area contributed by atoms with Crippen molar-refractivity contribution in [2.24, 2.45) is 0 Å². The van der Waals surface area contributed by atoms with Crippen molar-refractivity contribution in [3.05, 3.63) is 52.8 Å². The molecule has 2 aromatic carbocycles. The number of halogens is 2. The van der Waals surface area contributed by atoms with Gasteiger partial charge >= 0.3 is 0 Å². The molecule has 0 saturated carbocycles. The smallest absolute Gasteiger partial charge is 0.262 e. The van der Waals surface area contributed by atoms with Gasteiger partial charge in [0.05, 0.1) is 9.37 Å². The summed E-state index contributed by atoms with van der Waals surface area (Å²) in [6.07, 6.45) is 1.11. The van der Waals surface area contributed by atoms with Crippen molar-refractivity contribution < 1.29 is 22.3 Å². The molecule has 0 bridgehead atoms. The molecule has 0 unspecified atom stereocenters. The second-order valence-corrected chi connectivity index (χ2v) is 7.58. The zero-order valence-electron chi connectivity index (χ0n) is 12.0. The molecular weight excluding hydrogens is 389 g/mol. The molecule has 0 aromatic heterocycles. The van der Waals surface area contributed by atoms with Gasteiger partial charge < -0.3 is 10.1 Å². The van der Waals surface area contributed by atoms with Gasteiger partial charge in [0.2, 0.25) is 0 Å². The van der Waals surface area contributed by atoms with E-state index in [0.29, 0.717) is 15.9 Å². The molecule has 0 radical (unpaired) electrons. The highest BCUT2D eigenvalue weighted by Crippen LogP contribution is 2.25. The lowest BCUT2D eigenvalue weighted by Gasteiger charge is -2.09.